The number of likely N-dealkylation sites (tertiary alicyclic amines) is 1. The summed E-state index contributed by atoms with van der Waals surface area (Å²) in [4.78, 5) is 30.6. The Hall–Kier alpha value is -2.73. The van der Waals surface area contributed by atoms with Gasteiger partial charge in [-0.2, -0.15) is 0 Å². The monoisotopic (exact) mass is 380 g/mol. The molecule has 3 aromatic rings. The number of hydrogen-bond donors (Lipinski definition) is 0. The lowest BCUT2D eigenvalue weighted by Crippen LogP contribution is -2.34. The first kappa shape index (κ1) is 17.7. The Morgan fingerprint density at radius 3 is 2.70 bits per heavy atom. The van der Waals surface area contributed by atoms with Crippen LogP contribution in [0, 0.1) is 0 Å². The molecular formula is C21H20N2O3S. The summed E-state index contributed by atoms with van der Waals surface area (Å²) in [5.74, 6) is 0.560. The van der Waals surface area contributed by atoms with E-state index in [1.807, 2.05) is 23.1 Å². The molecule has 1 amide bonds. The van der Waals surface area contributed by atoms with Gasteiger partial charge in [-0.3, -0.25) is 9.59 Å². The summed E-state index contributed by atoms with van der Waals surface area (Å²) in [6, 6.07) is 14.9. The molecule has 1 aliphatic heterocycles. The second-order valence-corrected chi connectivity index (χ2v) is 7.70. The molecule has 1 saturated heterocycles. The van der Waals surface area contributed by atoms with E-state index in [0.29, 0.717) is 11.3 Å². The van der Waals surface area contributed by atoms with E-state index >= 15 is 0 Å². The molecule has 0 spiro atoms. The number of carbonyl (C=O) groups excluding carboxylic acids is 2. The lowest BCUT2D eigenvalue weighted by Gasteiger charge is -2.23. The van der Waals surface area contributed by atoms with Gasteiger partial charge in [0.05, 0.1) is 16.3 Å². The number of nitrogens with zero attached hydrogens (tertiary/aromatic N) is 2. The first-order chi connectivity index (χ1) is 13.1. The van der Waals surface area contributed by atoms with Crippen LogP contribution in [0.3, 0.4) is 0 Å². The molecule has 1 aliphatic rings. The van der Waals surface area contributed by atoms with Gasteiger partial charge in [0.15, 0.2) is 12.4 Å². The fourth-order valence-electron chi connectivity index (χ4n) is 3.37. The highest BCUT2D eigenvalue weighted by Crippen LogP contribution is 2.36. The summed E-state index contributed by atoms with van der Waals surface area (Å²) in [6.07, 6.45) is 1.90. The minimum Gasteiger partial charge on any atom is -0.484 e. The second-order valence-electron chi connectivity index (χ2n) is 6.63. The summed E-state index contributed by atoms with van der Waals surface area (Å²) in [7, 11) is 0. The van der Waals surface area contributed by atoms with Crippen molar-refractivity contribution in [2.45, 2.75) is 25.8 Å². The predicted octanol–water partition coefficient (Wildman–Crippen LogP) is 4.24. The van der Waals surface area contributed by atoms with Gasteiger partial charge in [0.2, 0.25) is 0 Å². The van der Waals surface area contributed by atoms with Crippen LogP contribution < -0.4 is 4.74 Å². The zero-order chi connectivity index (χ0) is 18.8. The molecule has 0 aliphatic carbocycles. The first-order valence-corrected chi connectivity index (χ1v) is 9.82. The molecule has 1 fully saturated rings. The number of aromatic nitrogens is 1. The van der Waals surface area contributed by atoms with Crippen LogP contribution in [0.4, 0.5) is 0 Å². The smallest absolute Gasteiger partial charge is 0.261 e. The number of rotatable bonds is 5. The molecule has 6 heteroatoms. The molecule has 2 heterocycles. The number of para-hydroxylation sites is 1. The maximum atomic E-state index is 12.7. The van der Waals surface area contributed by atoms with Gasteiger partial charge in [-0.25, -0.2) is 4.98 Å². The van der Waals surface area contributed by atoms with Gasteiger partial charge >= 0.3 is 0 Å². The zero-order valence-electron chi connectivity index (χ0n) is 15.1. The molecule has 138 valence electrons. The third-order valence-electron chi connectivity index (χ3n) is 4.79. The third-order valence-corrected chi connectivity index (χ3v) is 5.93. The Bertz CT molecular complexity index is 948. The Morgan fingerprint density at radius 2 is 1.96 bits per heavy atom. The van der Waals surface area contributed by atoms with Crippen LogP contribution in [0.5, 0.6) is 5.75 Å². The maximum Gasteiger partial charge on any atom is 0.261 e. The van der Waals surface area contributed by atoms with Gasteiger partial charge in [-0.15, -0.1) is 11.3 Å². The van der Waals surface area contributed by atoms with Crippen LogP contribution in [-0.2, 0) is 4.79 Å². The van der Waals surface area contributed by atoms with E-state index in [2.05, 4.69) is 6.07 Å². The van der Waals surface area contributed by atoms with Crippen LogP contribution in [0.15, 0.2) is 48.5 Å². The highest BCUT2D eigenvalue weighted by molar-refractivity contribution is 7.18. The molecule has 2 aromatic carbocycles. The van der Waals surface area contributed by atoms with Crippen molar-refractivity contribution < 1.29 is 14.3 Å². The predicted molar refractivity (Wildman–Crippen MR) is 105 cm³/mol. The lowest BCUT2D eigenvalue weighted by molar-refractivity contribution is -0.134. The Labute approximate surface area is 161 Å². The number of thiazole rings is 1. The summed E-state index contributed by atoms with van der Waals surface area (Å²) in [6.45, 7) is 2.24. The van der Waals surface area contributed by atoms with Gasteiger partial charge < -0.3 is 9.64 Å². The van der Waals surface area contributed by atoms with Crippen molar-refractivity contribution in [1.29, 1.82) is 0 Å². The van der Waals surface area contributed by atoms with Gasteiger partial charge in [0, 0.05) is 12.1 Å². The van der Waals surface area contributed by atoms with Gasteiger partial charge in [-0.05, 0) is 56.2 Å². The number of Topliss-reactive ketones (excluding diaryl/α,β-unsaturated/α-hetero) is 1. The quantitative estimate of drug-likeness (QED) is 0.621. The summed E-state index contributed by atoms with van der Waals surface area (Å²) < 4.78 is 6.79. The first-order valence-electron chi connectivity index (χ1n) is 9.00. The lowest BCUT2D eigenvalue weighted by atomic mass is 10.1. The standard InChI is InChI=1S/C21H20N2O3S/c1-14(24)15-8-10-16(11-9-15)26-13-20(25)23-12-4-6-18(23)21-22-17-5-2-3-7-19(17)27-21/h2-3,5,7-11,18H,4,6,12-13H2,1H3/t18-/m1/s1. The van der Waals surface area contributed by atoms with Crippen LogP contribution in [0.2, 0.25) is 0 Å². The number of amides is 1. The maximum absolute atomic E-state index is 12.7. The van der Waals surface area contributed by atoms with Gasteiger partial charge in [0.25, 0.3) is 5.91 Å². The van der Waals surface area contributed by atoms with Crippen molar-refractivity contribution in [2.24, 2.45) is 0 Å². The van der Waals surface area contributed by atoms with Crippen molar-refractivity contribution in [3.05, 3.63) is 59.1 Å². The molecule has 27 heavy (non-hydrogen) atoms. The van der Waals surface area contributed by atoms with Crippen molar-refractivity contribution >= 4 is 33.2 Å². The van der Waals surface area contributed by atoms with E-state index in [4.69, 9.17) is 9.72 Å². The van der Waals surface area contributed by atoms with Crippen molar-refractivity contribution in [2.75, 3.05) is 13.2 Å². The summed E-state index contributed by atoms with van der Waals surface area (Å²) in [5.41, 5.74) is 1.61. The van der Waals surface area contributed by atoms with Crippen molar-refractivity contribution in [3.8, 4) is 5.75 Å². The van der Waals surface area contributed by atoms with Crippen molar-refractivity contribution in [1.82, 2.24) is 9.88 Å². The van der Waals surface area contributed by atoms with E-state index in [0.717, 1.165) is 34.6 Å². The fourth-order valence-corrected chi connectivity index (χ4v) is 4.48. The fraction of sp³-hybridized carbons (Fsp3) is 0.286. The Balaban J connectivity index is 1.43. The highest BCUT2D eigenvalue weighted by atomic mass is 32.1. The third kappa shape index (κ3) is 3.71. The number of ketones is 1. The van der Waals surface area contributed by atoms with Crippen molar-refractivity contribution in [3.63, 3.8) is 0 Å². The molecule has 4 rings (SSSR count). The average molecular weight is 380 g/mol. The molecule has 0 unspecified atom stereocenters. The van der Waals surface area contributed by atoms with E-state index in [1.54, 1.807) is 35.6 Å². The molecule has 0 bridgehead atoms. The van der Waals surface area contributed by atoms with Crippen LogP contribution in [-0.4, -0.2) is 34.7 Å². The molecular weight excluding hydrogens is 360 g/mol. The number of carbonyl (C=O) groups is 2. The minimum absolute atomic E-state index is 0.00775. The second kappa shape index (κ2) is 7.48. The van der Waals surface area contributed by atoms with Crippen LogP contribution >= 0.6 is 11.3 Å². The number of fused-ring (bicyclic) bond motifs is 1. The van der Waals surface area contributed by atoms with Crippen LogP contribution in [0.1, 0.15) is 41.2 Å². The number of hydrogen-bond acceptors (Lipinski definition) is 5. The number of ether oxygens (including phenoxy) is 1. The summed E-state index contributed by atoms with van der Waals surface area (Å²) in [5, 5.41) is 0.993. The molecule has 0 N–H and O–H groups in total. The molecule has 1 aromatic heterocycles. The molecule has 5 nitrogen and oxygen atoms in total. The van der Waals surface area contributed by atoms with E-state index in [-0.39, 0.29) is 24.3 Å². The normalized spacial score (nSPS) is 16.6. The Kier molecular flexibility index (Phi) is 4.90. The summed E-state index contributed by atoms with van der Waals surface area (Å²) >= 11 is 1.66. The SMILES string of the molecule is CC(=O)c1ccc(OCC(=O)N2CCC[C@@H]2c2nc3ccccc3s2)cc1. The van der Waals surface area contributed by atoms with Gasteiger partial charge in [-0.1, -0.05) is 12.1 Å². The van der Waals surface area contributed by atoms with Crippen LogP contribution in [0.25, 0.3) is 10.2 Å². The van der Waals surface area contributed by atoms with E-state index < -0.39 is 0 Å². The molecule has 0 radical (unpaired) electrons. The Morgan fingerprint density at radius 1 is 1.19 bits per heavy atom. The number of benzene rings is 2. The van der Waals surface area contributed by atoms with E-state index in [9.17, 15) is 9.59 Å². The van der Waals surface area contributed by atoms with Gasteiger partial charge in [0.1, 0.15) is 10.8 Å². The molecule has 0 saturated carbocycles. The minimum atomic E-state index is -0.0348. The highest BCUT2D eigenvalue weighted by Gasteiger charge is 2.32. The van der Waals surface area contributed by atoms with E-state index in [1.165, 1.54) is 6.92 Å². The topological polar surface area (TPSA) is 59.5 Å². The zero-order valence-corrected chi connectivity index (χ0v) is 15.9. The average Bonchev–Trinajstić information content (AvgIpc) is 3.32. The molecule has 1 atom stereocenters. The largest absolute Gasteiger partial charge is 0.484 e.